The highest BCUT2D eigenvalue weighted by atomic mass is 16.5. The molecule has 1 N–H and O–H groups in total. The average Bonchev–Trinajstić information content (AvgIpc) is 2.20. The normalized spacial score (nSPS) is 10.1. The summed E-state index contributed by atoms with van der Waals surface area (Å²) in [4.78, 5) is 21.8. The van der Waals surface area contributed by atoms with Crippen molar-refractivity contribution in [2.45, 2.75) is 26.2 Å². The molecule has 0 radical (unpaired) electrons. The zero-order valence-electron chi connectivity index (χ0n) is 9.06. The third-order valence-corrected chi connectivity index (χ3v) is 1.93. The van der Waals surface area contributed by atoms with Gasteiger partial charge in [0.15, 0.2) is 0 Å². The number of carboxylic acids is 1. The lowest BCUT2D eigenvalue weighted by atomic mass is 10.3. The van der Waals surface area contributed by atoms with Crippen LogP contribution in [0.25, 0.3) is 0 Å². The SMILES string of the molecule is CCCCOc1coc(CC(=O)O)cc1=O. The molecule has 0 saturated heterocycles. The minimum absolute atomic E-state index is 0.125. The summed E-state index contributed by atoms with van der Waals surface area (Å²) in [6.45, 7) is 2.47. The predicted octanol–water partition coefficient (Wildman–Crippen LogP) is 1.45. The van der Waals surface area contributed by atoms with E-state index in [1.165, 1.54) is 0 Å². The fraction of sp³-hybridized carbons (Fsp3) is 0.455. The first kappa shape index (κ1) is 12.3. The van der Waals surface area contributed by atoms with E-state index in [2.05, 4.69) is 0 Å². The number of hydrogen-bond acceptors (Lipinski definition) is 4. The van der Waals surface area contributed by atoms with Gasteiger partial charge in [-0.1, -0.05) is 13.3 Å². The van der Waals surface area contributed by atoms with Crippen molar-refractivity contribution in [1.82, 2.24) is 0 Å². The molecule has 1 heterocycles. The second-order valence-electron chi connectivity index (χ2n) is 3.35. The van der Waals surface area contributed by atoms with Crippen molar-refractivity contribution in [1.29, 1.82) is 0 Å². The summed E-state index contributed by atoms with van der Waals surface area (Å²) in [5.74, 6) is -0.786. The van der Waals surface area contributed by atoms with Crippen LogP contribution in [-0.4, -0.2) is 17.7 Å². The summed E-state index contributed by atoms with van der Waals surface area (Å²) in [6.07, 6.45) is 2.69. The molecule has 1 aromatic rings. The van der Waals surface area contributed by atoms with E-state index in [4.69, 9.17) is 14.3 Å². The van der Waals surface area contributed by atoms with Crippen LogP contribution < -0.4 is 10.2 Å². The maximum atomic E-state index is 11.4. The molecule has 0 unspecified atom stereocenters. The van der Waals surface area contributed by atoms with Crippen molar-refractivity contribution < 1.29 is 19.1 Å². The van der Waals surface area contributed by atoms with Crippen LogP contribution in [0.1, 0.15) is 25.5 Å². The predicted molar refractivity (Wildman–Crippen MR) is 56.7 cm³/mol. The Morgan fingerprint density at radius 2 is 2.31 bits per heavy atom. The largest absolute Gasteiger partial charge is 0.487 e. The number of carbonyl (C=O) groups is 1. The molecule has 0 fully saturated rings. The van der Waals surface area contributed by atoms with Crippen LogP contribution in [0.2, 0.25) is 0 Å². The van der Waals surface area contributed by atoms with Gasteiger partial charge < -0.3 is 14.3 Å². The zero-order valence-corrected chi connectivity index (χ0v) is 9.06. The number of unbranched alkanes of at least 4 members (excludes halogenated alkanes) is 1. The summed E-state index contributed by atoms with van der Waals surface area (Å²) in [6, 6.07) is 1.15. The van der Waals surface area contributed by atoms with Crippen LogP contribution in [0.5, 0.6) is 5.75 Å². The van der Waals surface area contributed by atoms with Gasteiger partial charge in [-0.25, -0.2) is 0 Å². The first-order valence-corrected chi connectivity index (χ1v) is 5.09. The molecule has 0 spiro atoms. The van der Waals surface area contributed by atoms with E-state index < -0.39 is 5.97 Å². The van der Waals surface area contributed by atoms with Gasteiger partial charge in [0, 0.05) is 6.07 Å². The second-order valence-corrected chi connectivity index (χ2v) is 3.35. The van der Waals surface area contributed by atoms with Crippen molar-refractivity contribution in [3.05, 3.63) is 28.3 Å². The molecule has 1 rings (SSSR count). The molecule has 0 aliphatic carbocycles. The summed E-state index contributed by atoms with van der Waals surface area (Å²) in [5, 5.41) is 8.51. The van der Waals surface area contributed by atoms with Crippen LogP contribution in [0.15, 0.2) is 21.5 Å². The molecule has 0 aromatic carbocycles. The molecule has 0 aliphatic heterocycles. The molecular formula is C11H14O5. The first-order chi connectivity index (χ1) is 7.63. The van der Waals surface area contributed by atoms with E-state index in [0.717, 1.165) is 25.2 Å². The highest BCUT2D eigenvalue weighted by molar-refractivity contribution is 5.69. The molecule has 1 aromatic heterocycles. The van der Waals surface area contributed by atoms with Gasteiger partial charge in [0.25, 0.3) is 0 Å². The third-order valence-electron chi connectivity index (χ3n) is 1.93. The van der Waals surface area contributed by atoms with Gasteiger partial charge >= 0.3 is 5.97 Å². The van der Waals surface area contributed by atoms with Crippen LogP contribution in [0.4, 0.5) is 0 Å². The lowest BCUT2D eigenvalue weighted by molar-refractivity contribution is -0.136. The van der Waals surface area contributed by atoms with Crippen molar-refractivity contribution in [2.24, 2.45) is 0 Å². The molecule has 0 bridgehead atoms. The van der Waals surface area contributed by atoms with Gasteiger partial charge in [-0.15, -0.1) is 0 Å². The Kier molecular flexibility index (Phi) is 4.57. The van der Waals surface area contributed by atoms with Gasteiger partial charge in [0.1, 0.15) is 18.4 Å². The van der Waals surface area contributed by atoms with Gasteiger partial charge in [-0.3, -0.25) is 9.59 Å². The Balaban J connectivity index is 2.68. The Morgan fingerprint density at radius 1 is 1.56 bits per heavy atom. The Labute approximate surface area is 92.7 Å². The van der Waals surface area contributed by atoms with E-state index in [1.807, 2.05) is 6.92 Å². The lowest BCUT2D eigenvalue weighted by Gasteiger charge is -2.03. The summed E-state index contributed by atoms with van der Waals surface area (Å²) >= 11 is 0. The van der Waals surface area contributed by atoms with E-state index in [0.29, 0.717) is 6.61 Å². The first-order valence-electron chi connectivity index (χ1n) is 5.09. The Bertz CT molecular complexity index is 407. The Morgan fingerprint density at radius 3 is 2.88 bits per heavy atom. The van der Waals surface area contributed by atoms with E-state index in [1.54, 1.807) is 0 Å². The smallest absolute Gasteiger partial charge is 0.311 e. The topological polar surface area (TPSA) is 76.7 Å². The van der Waals surface area contributed by atoms with Gasteiger partial charge in [0.05, 0.1) is 6.61 Å². The quantitative estimate of drug-likeness (QED) is 0.743. The standard InChI is InChI=1S/C11H14O5/c1-2-3-4-15-10-7-16-8(5-9(10)12)6-11(13)14/h5,7H,2-4,6H2,1H3,(H,13,14). The third kappa shape index (κ3) is 3.76. The minimum atomic E-state index is -1.04. The van der Waals surface area contributed by atoms with Crippen LogP contribution in [0.3, 0.4) is 0 Å². The van der Waals surface area contributed by atoms with Crippen molar-refractivity contribution in [3.8, 4) is 5.75 Å². The van der Waals surface area contributed by atoms with Gasteiger partial charge in [-0.05, 0) is 6.42 Å². The van der Waals surface area contributed by atoms with Gasteiger partial charge in [0.2, 0.25) is 11.2 Å². The molecule has 5 nitrogen and oxygen atoms in total. The van der Waals surface area contributed by atoms with Crippen molar-refractivity contribution >= 4 is 5.97 Å². The molecule has 0 aliphatic rings. The lowest BCUT2D eigenvalue weighted by Crippen LogP contribution is -2.10. The second kappa shape index (κ2) is 5.95. The monoisotopic (exact) mass is 226 g/mol. The zero-order chi connectivity index (χ0) is 12.0. The van der Waals surface area contributed by atoms with Crippen molar-refractivity contribution in [2.75, 3.05) is 6.61 Å². The van der Waals surface area contributed by atoms with E-state index in [-0.39, 0.29) is 23.4 Å². The van der Waals surface area contributed by atoms with E-state index >= 15 is 0 Å². The number of hydrogen-bond donors (Lipinski definition) is 1. The molecule has 0 atom stereocenters. The molecule has 16 heavy (non-hydrogen) atoms. The summed E-state index contributed by atoms with van der Waals surface area (Å²) in [7, 11) is 0. The fourth-order valence-corrected chi connectivity index (χ4v) is 1.11. The molecule has 0 saturated carbocycles. The van der Waals surface area contributed by atoms with Gasteiger partial charge in [-0.2, -0.15) is 0 Å². The molecule has 88 valence electrons. The molecular weight excluding hydrogens is 212 g/mol. The number of carboxylic acid groups (broad SMARTS) is 1. The highest BCUT2D eigenvalue weighted by Crippen LogP contribution is 2.07. The summed E-state index contributed by atoms with van der Waals surface area (Å²) < 4.78 is 10.2. The van der Waals surface area contributed by atoms with Crippen molar-refractivity contribution in [3.63, 3.8) is 0 Å². The molecule has 0 amide bonds. The number of ether oxygens (including phenoxy) is 1. The van der Waals surface area contributed by atoms with E-state index in [9.17, 15) is 9.59 Å². The minimum Gasteiger partial charge on any atom is -0.487 e. The average molecular weight is 226 g/mol. The maximum Gasteiger partial charge on any atom is 0.311 e. The maximum absolute atomic E-state index is 11.4. The van der Waals surface area contributed by atoms with Crippen LogP contribution in [-0.2, 0) is 11.2 Å². The van der Waals surface area contributed by atoms with Crippen LogP contribution >= 0.6 is 0 Å². The number of rotatable bonds is 6. The number of aliphatic carboxylic acids is 1. The van der Waals surface area contributed by atoms with Crippen LogP contribution in [0, 0.1) is 0 Å². The fourth-order valence-electron chi connectivity index (χ4n) is 1.11. The molecule has 5 heteroatoms. The highest BCUT2D eigenvalue weighted by Gasteiger charge is 2.07. The summed E-state index contributed by atoms with van der Waals surface area (Å²) in [5.41, 5.74) is -0.349. The Hall–Kier alpha value is -1.78.